The number of aromatic nitrogens is 2. The molecule has 90 valence electrons. The molecule has 0 amide bonds. The fourth-order valence-electron chi connectivity index (χ4n) is 2.07. The first-order chi connectivity index (χ1) is 8.04. The molecule has 0 spiro atoms. The Morgan fingerprint density at radius 3 is 2.59 bits per heavy atom. The Bertz CT molecular complexity index is 558. The van der Waals surface area contributed by atoms with Gasteiger partial charge in [0.1, 0.15) is 17.3 Å². The second kappa shape index (κ2) is 4.41. The third-order valence-electron chi connectivity index (χ3n) is 2.96. The highest BCUT2D eigenvalue weighted by atomic mass is 35.5. The Hall–Kier alpha value is -1.48. The minimum absolute atomic E-state index is 0.718. The van der Waals surface area contributed by atoms with Crippen molar-refractivity contribution in [2.24, 2.45) is 0 Å². The van der Waals surface area contributed by atoms with Crippen LogP contribution in [0.15, 0.2) is 18.2 Å². The zero-order valence-corrected chi connectivity index (χ0v) is 11.0. The van der Waals surface area contributed by atoms with Gasteiger partial charge in [0.05, 0.1) is 0 Å². The normalized spacial score (nSPS) is 10.8. The Kier molecular flexibility index (Phi) is 3.11. The van der Waals surface area contributed by atoms with Crippen LogP contribution in [-0.2, 0) is 6.54 Å². The Morgan fingerprint density at radius 2 is 2.06 bits per heavy atom. The van der Waals surface area contributed by atoms with Crippen molar-refractivity contribution in [1.29, 1.82) is 0 Å². The molecule has 1 aromatic carbocycles. The van der Waals surface area contributed by atoms with E-state index in [0.717, 1.165) is 40.0 Å². The van der Waals surface area contributed by atoms with E-state index in [1.165, 1.54) is 0 Å². The zero-order valence-electron chi connectivity index (χ0n) is 10.3. The molecule has 3 nitrogen and oxygen atoms in total. The lowest BCUT2D eigenvalue weighted by Crippen LogP contribution is -2.02. The van der Waals surface area contributed by atoms with Gasteiger partial charge in [-0.25, -0.2) is 4.98 Å². The Balaban J connectivity index is 2.61. The smallest absolute Gasteiger partial charge is 0.131 e. The molecule has 0 unspecified atom stereocenters. The third-order valence-corrected chi connectivity index (χ3v) is 3.19. The largest absolute Gasteiger partial charge is 0.383 e. The van der Waals surface area contributed by atoms with E-state index in [1.807, 2.05) is 36.6 Å². The highest BCUT2D eigenvalue weighted by Gasteiger charge is 2.14. The van der Waals surface area contributed by atoms with Crippen molar-refractivity contribution in [2.75, 3.05) is 5.73 Å². The van der Waals surface area contributed by atoms with Gasteiger partial charge in [0.25, 0.3) is 0 Å². The van der Waals surface area contributed by atoms with Gasteiger partial charge < -0.3 is 10.3 Å². The molecule has 1 aromatic heterocycles. The van der Waals surface area contributed by atoms with Crippen LogP contribution in [0.5, 0.6) is 0 Å². The predicted octanol–water partition coefficient (Wildman–Crippen LogP) is 3.42. The van der Waals surface area contributed by atoms with Gasteiger partial charge >= 0.3 is 0 Å². The van der Waals surface area contributed by atoms with E-state index in [0.29, 0.717) is 0 Å². The van der Waals surface area contributed by atoms with Gasteiger partial charge in [0.2, 0.25) is 0 Å². The van der Waals surface area contributed by atoms with Gasteiger partial charge in [-0.05, 0) is 38.5 Å². The number of halogens is 1. The van der Waals surface area contributed by atoms with Crippen molar-refractivity contribution >= 4 is 17.4 Å². The molecule has 0 aliphatic carbocycles. The minimum atomic E-state index is 0.718. The van der Waals surface area contributed by atoms with Crippen LogP contribution in [0.3, 0.4) is 0 Å². The molecule has 1 heterocycles. The standard InChI is InChI=1S/C13H16ClN3/c1-4-17-9(3)16-12(13(17)15)11-6-5-10(14)7-8(11)2/h5-7H,4,15H2,1-3H3. The van der Waals surface area contributed by atoms with Crippen LogP contribution in [0.4, 0.5) is 5.82 Å². The average molecular weight is 250 g/mol. The maximum atomic E-state index is 6.12. The number of nitrogen functional groups attached to an aromatic ring is 1. The number of imidazole rings is 1. The summed E-state index contributed by atoms with van der Waals surface area (Å²) in [6.07, 6.45) is 0. The van der Waals surface area contributed by atoms with E-state index in [1.54, 1.807) is 0 Å². The summed E-state index contributed by atoms with van der Waals surface area (Å²) in [6.45, 7) is 6.87. The highest BCUT2D eigenvalue weighted by Crippen LogP contribution is 2.30. The topological polar surface area (TPSA) is 43.8 Å². The van der Waals surface area contributed by atoms with E-state index < -0.39 is 0 Å². The number of rotatable bonds is 2. The average Bonchev–Trinajstić information content (AvgIpc) is 2.54. The van der Waals surface area contributed by atoms with Crippen molar-refractivity contribution < 1.29 is 0 Å². The third kappa shape index (κ3) is 2.03. The van der Waals surface area contributed by atoms with Crippen LogP contribution in [0.1, 0.15) is 18.3 Å². The molecule has 0 fully saturated rings. The number of nitrogens with two attached hydrogens (primary N) is 1. The fourth-order valence-corrected chi connectivity index (χ4v) is 2.30. The lowest BCUT2D eigenvalue weighted by Gasteiger charge is -2.06. The van der Waals surface area contributed by atoms with Gasteiger partial charge in [-0.15, -0.1) is 0 Å². The number of benzene rings is 1. The van der Waals surface area contributed by atoms with Gasteiger partial charge in [-0.2, -0.15) is 0 Å². The second-order valence-electron chi connectivity index (χ2n) is 4.10. The van der Waals surface area contributed by atoms with Crippen LogP contribution >= 0.6 is 11.6 Å². The quantitative estimate of drug-likeness (QED) is 0.886. The summed E-state index contributed by atoms with van der Waals surface area (Å²) < 4.78 is 2.00. The molecule has 0 aliphatic heterocycles. The molecule has 0 aliphatic rings. The monoisotopic (exact) mass is 249 g/mol. The summed E-state index contributed by atoms with van der Waals surface area (Å²) in [7, 11) is 0. The number of hydrogen-bond donors (Lipinski definition) is 1. The summed E-state index contributed by atoms with van der Waals surface area (Å²) in [5.74, 6) is 1.66. The Labute approximate surface area is 106 Å². The van der Waals surface area contributed by atoms with Crippen molar-refractivity contribution in [2.45, 2.75) is 27.3 Å². The van der Waals surface area contributed by atoms with E-state index in [-0.39, 0.29) is 0 Å². The van der Waals surface area contributed by atoms with Crippen molar-refractivity contribution in [1.82, 2.24) is 9.55 Å². The van der Waals surface area contributed by atoms with Gasteiger partial charge in [-0.1, -0.05) is 17.7 Å². The molecular weight excluding hydrogens is 234 g/mol. The summed E-state index contributed by atoms with van der Waals surface area (Å²) in [5, 5.41) is 0.733. The van der Waals surface area contributed by atoms with Crippen molar-refractivity contribution in [3.63, 3.8) is 0 Å². The summed E-state index contributed by atoms with van der Waals surface area (Å²) in [4.78, 5) is 4.54. The molecule has 0 saturated carbocycles. The molecule has 2 rings (SSSR count). The summed E-state index contributed by atoms with van der Waals surface area (Å²) >= 11 is 5.95. The van der Waals surface area contributed by atoms with Gasteiger partial charge in [0, 0.05) is 17.1 Å². The molecular formula is C13H16ClN3. The van der Waals surface area contributed by atoms with Crippen LogP contribution in [0.2, 0.25) is 5.02 Å². The maximum Gasteiger partial charge on any atom is 0.131 e. The zero-order chi connectivity index (χ0) is 12.6. The minimum Gasteiger partial charge on any atom is -0.383 e. The first-order valence-electron chi connectivity index (χ1n) is 5.63. The molecule has 2 aromatic rings. The van der Waals surface area contributed by atoms with Crippen molar-refractivity contribution in [3.05, 3.63) is 34.6 Å². The van der Waals surface area contributed by atoms with E-state index >= 15 is 0 Å². The lowest BCUT2D eigenvalue weighted by molar-refractivity contribution is 0.739. The number of aryl methyl sites for hydroxylation is 2. The summed E-state index contributed by atoms with van der Waals surface area (Å²) in [5.41, 5.74) is 9.10. The van der Waals surface area contributed by atoms with E-state index in [4.69, 9.17) is 17.3 Å². The number of anilines is 1. The molecule has 2 N–H and O–H groups in total. The molecule has 0 radical (unpaired) electrons. The van der Waals surface area contributed by atoms with Crippen molar-refractivity contribution in [3.8, 4) is 11.3 Å². The predicted molar refractivity (Wildman–Crippen MR) is 72.2 cm³/mol. The molecule has 17 heavy (non-hydrogen) atoms. The maximum absolute atomic E-state index is 6.12. The number of nitrogens with zero attached hydrogens (tertiary/aromatic N) is 2. The molecule has 4 heteroatoms. The molecule has 0 atom stereocenters. The molecule has 0 saturated heterocycles. The fraction of sp³-hybridized carbons (Fsp3) is 0.308. The first-order valence-corrected chi connectivity index (χ1v) is 6.01. The first kappa shape index (κ1) is 12.0. The van der Waals surface area contributed by atoms with E-state index in [2.05, 4.69) is 11.9 Å². The van der Waals surface area contributed by atoms with Crippen LogP contribution in [-0.4, -0.2) is 9.55 Å². The van der Waals surface area contributed by atoms with Crippen LogP contribution in [0, 0.1) is 13.8 Å². The summed E-state index contributed by atoms with van der Waals surface area (Å²) in [6, 6.07) is 5.76. The number of hydrogen-bond acceptors (Lipinski definition) is 2. The van der Waals surface area contributed by atoms with Crippen LogP contribution in [0.25, 0.3) is 11.3 Å². The van der Waals surface area contributed by atoms with Gasteiger partial charge in [0.15, 0.2) is 0 Å². The Morgan fingerprint density at radius 1 is 1.35 bits per heavy atom. The lowest BCUT2D eigenvalue weighted by atomic mass is 10.1. The second-order valence-corrected chi connectivity index (χ2v) is 4.53. The SMILES string of the molecule is CCn1c(C)nc(-c2ccc(Cl)cc2C)c1N. The van der Waals surface area contributed by atoms with E-state index in [9.17, 15) is 0 Å². The highest BCUT2D eigenvalue weighted by molar-refractivity contribution is 6.30. The van der Waals surface area contributed by atoms with Crippen LogP contribution < -0.4 is 5.73 Å². The van der Waals surface area contributed by atoms with Gasteiger partial charge in [-0.3, -0.25) is 0 Å². The molecule has 0 bridgehead atoms.